The van der Waals surface area contributed by atoms with Gasteiger partial charge in [-0.15, -0.1) is 0 Å². The van der Waals surface area contributed by atoms with Crippen LogP contribution in [0.1, 0.15) is 16.8 Å². The Morgan fingerprint density at radius 2 is 1.89 bits per heavy atom. The monoisotopic (exact) mass is 524 g/mol. The molecule has 0 saturated heterocycles. The Morgan fingerprint density at radius 3 is 2.47 bits per heavy atom. The number of aromatic nitrogens is 2. The third kappa shape index (κ3) is 4.65. The van der Waals surface area contributed by atoms with E-state index in [1.807, 2.05) is 0 Å². The summed E-state index contributed by atoms with van der Waals surface area (Å²) in [6.07, 6.45) is -2.01. The van der Waals surface area contributed by atoms with Crippen LogP contribution in [0.4, 0.5) is 13.2 Å². The minimum Gasteiger partial charge on any atom is -0.484 e. The number of likely N-dealkylation sites (N-methyl/N-ethyl adjacent to an activating group) is 1. The highest BCUT2D eigenvalue weighted by Crippen LogP contribution is 2.43. The minimum absolute atomic E-state index is 0.173. The Labute approximate surface area is 210 Å². The number of rotatable bonds is 8. The van der Waals surface area contributed by atoms with Crippen LogP contribution in [0.2, 0.25) is 5.02 Å². The zero-order valence-electron chi connectivity index (χ0n) is 19.7. The van der Waals surface area contributed by atoms with Crippen LogP contribution in [0.25, 0.3) is 10.9 Å². The molecule has 12 heteroatoms. The van der Waals surface area contributed by atoms with Gasteiger partial charge in [0, 0.05) is 31.3 Å². The molecule has 2 atom stereocenters. The first kappa shape index (κ1) is 25.9. The molecule has 0 spiro atoms. The van der Waals surface area contributed by atoms with Gasteiger partial charge in [0.05, 0.1) is 43.2 Å². The molecule has 0 amide bonds. The van der Waals surface area contributed by atoms with Gasteiger partial charge in [0.25, 0.3) is 5.88 Å². The van der Waals surface area contributed by atoms with Crippen molar-refractivity contribution in [3.63, 3.8) is 0 Å². The number of fused-ring (bicyclic) bond motifs is 1. The van der Waals surface area contributed by atoms with Crippen molar-refractivity contribution in [1.82, 2.24) is 14.9 Å². The van der Waals surface area contributed by atoms with E-state index in [0.29, 0.717) is 23.1 Å². The molecular weight excluding hydrogens is 501 g/mol. The Kier molecular flexibility index (Phi) is 7.26. The van der Waals surface area contributed by atoms with Crippen LogP contribution in [0.3, 0.4) is 0 Å². The summed E-state index contributed by atoms with van der Waals surface area (Å²) in [6.45, 7) is 0.725. The summed E-state index contributed by atoms with van der Waals surface area (Å²) in [4.78, 5) is 14.0. The summed E-state index contributed by atoms with van der Waals surface area (Å²) in [5.74, 6) is 0.393. The van der Waals surface area contributed by atoms with Crippen LogP contribution in [0, 0.1) is 0 Å². The van der Waals surface area contributed by atoms with E-state index < -0.39 is 23.5 Å². The van der Waals surface area contributed by atoms with E-state index in [2.05, 4.69) is 15.0 Å². The maximum absolute atomic E-state index is 13.1. The maximum atomic E-state index is 13.1. The molecule has 1 aliphatic heterocycles. The van der Waals surface area contributed by atoms with E-state index in [1.165, 1.54) is 20.3 Å². The molecule has 8 nitrogen and oxygen atoms in total. The zero-order valence-corrected chi connectivity index (χ0v) is 20.5. The summed E-state index contributed by atoms with van der Waals surface area (Å²) in [7, 11) is 4.70. The third-order valence-corrected chi connectivity index (χ3v) is 6.40. The second-order valence-corrected chi connectivity index (χ2v) is 8.57. The van der Waals surface area contributed by atoms with E-state index >= 15 is 0 Å². The fraction of sp³-hybridized carbons (Fsp3) is 0.375. The molecule has 1 N–H and O–H groups in total. The number of aliphatic imine (C=N–C) groups is 1. The molecule has 0 bridgehead atoms. The van der Waals surface area contributed by atoms with Gasteiger partial charge in [-0.1, -0.05) is 23.7 Å². The van der Waals surface area contributed by atoms with Crippen LogP contribution in [-0.2, 0) is 16.5 Å². The SMILES string of the molecule is COCCOc1c(OC)nc2ccc(C(O)(c3ccc(C(F)(F)F)nc3)C3CN=CN3C)cc2c1Cl. The molecule has 1 aromatic carbocycles. The molecule has 2 aromatic heterocycles. The first-order valence-corrected chi connectivity index (χ1v) is 11.3. The molecule has 1 aliphatic rings. The standard InChI is InChI=1S/C24H24ClF3N4O4/c1-32-13-29-12-19(32)23(33,15-5-7-18(30-11-15)24(26,27)28)14-4-6-17-16(10-14)20(25)21(22(31-17)35-3)36-9-8-34-2/h4-7,10-11,13,19,33H,8-9,12H2,1-3H3. The van der Waals surface area contributed by atoms with Crippen LogP contribution in [0.15, 0.2) is 41.5 Å². The van der Waals surface area contributed by atoms with Crippen LogP contribution >= 0.6 is 11.6 Å². The van der Waals surface area contributed by atoms with Gasteiger partial charge in [0.2, 0.25) is 5.75 Å². The number of hydrogen-bond donors (Lipinski definition) is 1. The predicted molar refractivity (Wildman–Crippen MR) is 128 cm³/mol. The molecule has 192 valence electrons. The van der Waals surface area contributed by atoms with Gasteiger partial charge in [-0.2, -0.15) is 13.2 Å². The molecule has 4 rings (SSSR count). The Bertz CT molecular complexity index is 1270. The number of halogens is 4. The summed E-state index contributed by atoms with van der Waals surface area (Å²) in [6, 6.07) is 6.38. The number of hydrogen-bond acceptors (Lipinski definition) is 8. The molecule has 3 aromatic rings. The van der Waals surface area contributed by atoms with Crippen LogP contribution in [0.5, 0.6) is 11.6 Å². The van der Waals surface area contributed by atoms with Gasteiger partial charge in [0.15, 0.2) is 0 Å². The van der Waals surface area contributed by atoms with Crippen molar-refractivity contribution in [3.05, 3.63) is 58.4 Å². The molecule has 36 heavy (non-hydrogen) atoms. The van der Waals surface area contributed by atoms with Gasteiger partial charge in [-0.25, -0.2) is 4.98 Å². The molecule has 0 radical (unpaired) electrons. The highest BCUT2D eigenvalue weighted by molar-refractivity contribution is 6.37. The van der Waals surface area contributed by atoms with Crippen molar-refractivity contribution in [2.24, 2.45) is 4.99 Å². The number of ether oxygens (including phenoxy) is 3. The maximum Gasteiger partial charge on any atom is 0.433 e. The number of pyridine rings is 2. The molecule has 3 heterocycles. The Morgan fingerprint density at radius 1 is 1.14 bits per heavy atom. The summed E-state index contributed by atoms with van der Waals surface area (Å²) in [5, 5.41) is 12.8. The average molecular weight is 525 g/mol. The summed E-state index contributed by atoms with van der Waals surface area (Å²) < 4.78 is 55.5. The second-order valence-electron chi connectivity index (χ2n) is 8.20. The number of alkyl halides is 3. The van der Waals surface area contributed by atoms with Crippen molar-refractivity contribution in [2.45, 2.75) is 17.8 Å². The lowest BCUT2D eigenvalue weighted by molar-refractivity contribution is -0.141. The highest BCUT2D eigenvalue weighted by atomic mass is 35.5. The van der Waals surface area contributed by atoms with E-state index in [1.54, 1.807) is 36.5 Å². The number of nitrogens with zero attached hydrogens (tertiary/aromatic N) is 4. The van der Waals surface area contributed by atoms with E-state index in [-0.39, 0.29) is 35.4 Å². The van der Waals surface area contributed by atoms with Gasteiger partial charge < -0.3 is 24.2 Å². The van der Waals surface area contributed by atoms with Gasteiger partial charge in [-0.05, 0) is 23.8 Å². The van der Waals surface area contributed by atoms with E-state index in [9.17, 15) is 18.3 Å². The zero-order chi connectivity index (χ0) is 26.1. The molecule has 0 aliphatic carbocycles. The Balaban J connectivity index is 1.87. The first-order valence-electron chi connectivity index (χ1n) is 10.9. The lowest BCUT2D eigenvalue weighted by atomic mass is 9.80. The number of methoxy groups -OCH3 is 2. The first-order chi connectivity index (χ1) is 17.1. The summed E-state index contributed by atoms with van der Waals surface area (Å²) in [5.41, 5.74) is -1.82. The lowest BCUT2D eigenvalue weighted by Crippen LogP contribution is -2.49. The van der Waals surface area contributed by atoms with Crippen molar-refractivity contribution >= 4 is 28.8 Å². The van der Waals surface area contributed by atoms with Gasteiger partial charge in [0.1, 0.15) is 17.9 Å². The fourth-order valence-corrected chi connectivity index (χ4v) is 4.45. The molecule has 2 unspecified atom stereocenters. The smallest absolute Gasteiger partial charge is 0.433 e. The second kappa shape index (κ2) is 10.1. The third-order valence-electron chi connectivity index (χ3n) is 6.03. The van der Waals surface area contributed by atoms with Crippen LogP contribution < -0.4 is 9.47 Å². The normalized spacial score (nSPS) is 17.4. The quantitative estimate of drug-likeness (QED) is 0.447. The van der Waals surface area contributed by atoms with Crippen molar-refractivity contribution in [2.75, 3.05) is 41.0 Å². The minimum atomic E-state index is -4.61. The largest absolute Gasteiger partial charge is 0.484 e. The topological polar surface area (TPSA) is 89.3 Å². The molecular formula is C24H24ClF3N4O4. The van der Waals surface area contributed by atoms with Crippen molar-refractivity contribution < 1.29 is 32.5 Å². The van der Waals surface area contributed by atoms with Gasteiger partial charge >= 0.3 is 6.18 Å². The highest BCUT2D eigenvalue weighted by Gasteiger charge is 2.45. The van der Waals surface area contributed by atoms with E-state index in [0.717, 1.165) is 12.3 Å². The lowest BCUT2D eigenvalue weighted by Gasteiger charge is -2.38. The van der Waals surface area contributed by atoms with Crippen molar-refractivity contribution in [1.29, 1.82) is 0 Å². The number of aliphatic hydroxyl groups is 1. The average Bonchev–Trinajstić information content (AvgIpc) is 3.30. The predicted octanol–water partition coefficient (Wildman–Crippen LogP) is 3.91. The molecule has 0 fully saturated rings. The Hall–Kier alpha value is -3.15. The molecule has 0 saturated carbocycles. The van der Waals surface area contributed by atoms with Crippen LogP contribution in [-0.4, -0.2) is 73.4 Å². The summed E-state index contributed by atoms with van der Waals surface area (Å²) >= 11 is 6.69. The van der Waals surface area contributed by atoms with Crippen molar-refractivity contribution in [3.8, 4) is 11.6 Å². The van der Waals surface area contributed by atoms with Gasteiger partial charge in [-0.3, -0.25) is 9.98 Å². The number of benzene rings is 1. The fourth-order valence-electron chi connectivity index (χ4n) is 4.16. The van der Waals surface area contributed by atoms with E-state index in [4.69, 9.17) is 25.8 Å².